The van der Waals surface area contributed by atoms with E-state index in [0.29, 0.717) is 17.9 Å². The van der Waals surface area contributed by atoms with Crippen molar-refractivity contribution in [3.05, 3.63) is 42.5 Å². The molecule has 0 aromatic heterocycles. The molecule has 68 valence electrons. The van der Waals surface area contributed by atoms with Gasteiger partial charge < -0.3 is 4.74 Å². The fraction of sp³-hybridized carbons (Fsp3) is 0.182. The van der Waals surface area contributed by atoms with Crippen molar-refractivity contribution in [1.82, 2.24) is 0 Å². The zero-order valence-electron chi connectivity index (χ0n) is 7.40. The molecular weight excluding hydrogens is 164 g/mol. The number of ether oxygens (including phenoxy) is 1. The maximum Gasteiger partial charge on any atom is 0.153 e. The molecule has 0 aliphatic heterocycles. The topological polar surface area (TPSA) is 26.3 Å². The van der Waals surface area contributed by atoms with Crippen LogP contribution < -0.4 is 4.74 Å². The van der Waals surface area contributed by atoms with Gasteiger partial charge in [-0.15, -0.1) is 6.58 Å². The molecule has 1 rings (SSSR count). The van der Waals surface area contributed by atoms with Crippen LogP contribution in [0.15, 0.2) is 36.9 Å². The molecule has 0 N–H and O–H groups in total. The van der Waals surface area contributed by atoms with Gasteiger partial charge in [0.1, 0.15) is 5.75 Å². The summed E-state index contributed by atoms with van der Waals surface area (Å²) < 4.78 is 5.37. The molecule has 2 nitrogen and oxygen atoms in total. The Labute approximate surface area is 77.8 Å². The number of hydrogen-bond donors (Lipinski definition) is 0. The normalized spacial score (nSPS) is 9.23. The van der Waals surface area contributed by atoms with E-state index in [1.165, 1.54) is 0 Å². The Morgan fingerprint density at radius 1 is 1.38 bits per heavy atom. The Balaban J connectivity index is 2.63. The fourth-order valence-electron chi connectivity index (χ4n) is 0.962. The first kappa shape index (κ1) is 9.52. The van der Waals surface area contributed by atoms with Crippen LogP contribution in [0.1, 0.15) is 16.8 Å². The number of hydrogen-bond acceptors (Lipinski definition) is 2. The lowest BCUT2D eigenvalue weighted by Crippen LogP contribution is -1.98. The van der Waals surface area contributed by atoms with Crippen molar-refractivity contribution in [2.45, 2.75) is 6.42 Å². The Morgan fingerprint density at radius 2 is 2.15 bits per heavy atom. The molecule has 0 fully saturated rings. The molecule has 0 atom stereocenters. The Bertz CT molecular complexity index is 292. The van der Waals surface area contributed by atoms with E-state index in [0.717, 1.165) is 12.7 Å². The zero-order valence-corrected chi connectivity index (χ0v) is 7.40. The summed E-state index contributed by atoms with van der Waals surface area (Å²) in [6, 6.07) is 7.17. The summed E-state index contributed by atoms with van der Waals surface area (Å²) in [5.74, 6) is 0.638. The maximum absolute atomic E-state index is 10.6. The average Bonchev–Trinajstić information content (AvgIpc) is 2.19. The third-order valence-electron chi connectivity index (χ3n) is 1.63. The summed E-state index contributed by atoms with van der Waals surface area (Å²) in [6.45, 7) is 4.15. The van der Waals surface area contributed by atoms with Crippen LogP contribution in [0.2, 0.25) is 0 Å². The van der Waals surface area contributed by atoms with Gasteiger partial charge in [0, 0.05) is 0 Å². The number of rotatable bonds is 5. The minimum Gasteiger partial charge on any atom is -0.493 e. The molecule has 0 aliphatic carbocycles. The van der Waals surface area contributed by atoms with Gasteiger partial charge in [-0.05, 0) is 18.6 Å². The summed E-state index contributed by atoms with van der Waals surface area (Å²) in [5, 5.41) is 0. The molecule has 0 spiro atoms. The van der Waals surface area contributed by atoms with Gasteiger partial charge in [-0.3, -0.25) is 4.79 Å². The van der Waals surface area contributed by atoms with Crippen molar-refractivity contribution in [3.63, 3.8) is 0 Å². The Morgan fingerprint density at radius 3 is 2.85 bits per heavy atom. The van der Waals surface area contributed by atoms with E-state index in [4.69, 9.17) is 4.74 Å². The van der Waals surface area contributed by atoms with Crippen LogP contribution in [0.25, 0.3) is 0 Å². The molecule has 0 amide bonds. The van der Waals surface area contributed by atoms with Crippen molar-refractivity contribution in [1.29, 1.82) is 0 Å². The highest BCUT2D eigenvalue weighted by atomic mass is 16.5. The van der Waals surface area contributed by atoms with E-state index in [1.807, 2.05) is 12.1 Å². The summed E-state index contributed by atoms with van der Waals surface area (Å²) >= 11 is 0. The first-order valence-electron chi connectivity index (χ1n) is 4.16. The first-order chi connectivity index (χ1) is 6.38. The van der Waals surface area contributed by atoms with E-state index in [-0.39, 0.29) is 0 Å². The summed E-state index contributed by atoms with van der Waals surface area (Å²) in [4.78, 5) is 10.6. The molecule has 13 heavy (non-hydrogen) atoms. The van der Waals surface area contributed by atoms with Gasteiger partial charge in [-0.2, -0.15) is 0 Å². The molecule has 2 heteroatoms. The molecule has 0 saturated carbocycles. The van der Waals surface area contributed by atoms with Crippen molar-refractivity contribution in [2.75, 3.05) is 6.61 Å². The van der Waals surface area contributed by atoms with Crippen LogP contribution in [0, 0.1) is 0 Å². The van der Waals surface area contributed by atoms with E-state index in [9.17, 15) is 4.79 Å². The van der Waals surface area contributed by atoms with Crippen LogP contribution in [0.5, 0.6) is 5.75 Å². The SMILES string of the molecule is C=CCCOc1ccccc1C=O. The van der Waals surface area contributed by atoms with Gasteiger partial charge in [0.15, 0.2) is 6.29 Å². The van der Waals surface area contributed by atoms with Gasteiger partial charge >= 0.3 is 0 Å². The molecular formula is C11H12O2. The fourth-order valence-corrected chi connectivity index (χ4v) is 0.962. The third-order valence-corrected chi connectivity index (χ3v) is 1.63. The van der Waals surface area contributed by atoms with Crippen LogP contribution in [0.4, 0.5) is 0 Å². The van der Waals surface area contributed by atoms with Crippen LogP contribution in [-0.4, -0.2) is 12.9 Å². The van der Waals surface area contributed by atoms with Gasteiger partial charge in [0.25, 0.3) is 0 Å². The van der Waals surface area contributed by atoms with Crippen LogP contribution in [-0.2, 0) is 0 Å². The van der Waals surface area contributed by atoms with Gasteiger partial charge in [0.05, 0.1) is 12.2 Å². The smallest absolute Gasteiger partial charge is 0.153 e. The number of benzene rings is 1. The second kappa shape index (κ2) is 5.14. The molecule has 1 aromatic rings. The highest BCUT2D eigenvalue weighted by molar-refractivity contribution is 5.79. The van der Waals surface area contributed by atoms with Crippen molar-refractivity contribution < 1.29 is 9.53 Å². The quantitative estimate of drug-likeness (QED) is 0.391. The van der Waals surface area contributed by atoms with Crippen LogP contribution >= 0.6 is 0 Å². The Hall–Kier alpha value is -1.57. The lowest BCUT2D eigenvalue weighted by molar-refractivity contribution is 0.111. The van der Waals surface area contributed by atoms with E-state index < -0.39 is 0 Å². The maximum atomic E-state index is 10.6. The van der Waals surface area contributed by atoms with E-state index in [2.05, 4.69) is 6.58 Å². The third kappa shape index (κ3) is 2.75. The summed E-state index contributed by atoms with van der Waals surface area (Å²) in [5.41, 5.74) is 0.589. The lowest BCUT2D eigenvalue weighted by Gasteiger charge is -2.05. The lowest BCUT2D eigenvalue weighted by atomic mass is 10.2. The average molecular weight is 176 g/mol. The van der Waals surface area contributed by atoms with Gasteiger partial charge in [-0.1, -0.05) is 18.2 Å². The molecule has 0 aliphatic rings. The number of para-hydroxylation sites is 1. The van der Waals surface area contributed by atoms with Gasteiger partial charge in [0.2, 0.25) is 0 Å². The molecule has 0 unspecified atom stereocenters. The predicted octanol–water partition coefficient (Wildman–Crippen LogP) is 2.45. The highest BCUT2D eigenvalue weighted by Gasteiger charge is 1.99. The summed E-state index contributed by atoms with van der Waals surface area (Å²) in [7, 11) is 0. The summed E-state index contributed by atoms with van der Waals surface area (Å²) in [6.07, 6.45) is 3.36. The minimum absolute atomic E-state index is 0.564. The first-order valence-corrected chi connectivity index (χ1v) is 4.16. The number of aldehydes is 1. The largest absolute Gasteiger partial charge is 0.493 e. The van der Waals surface area contributed by atoms with Crippen molar-refractivity contribution in [3.8, 4) is 5.75 Å². The molecule has 0 radical (unpaired) electrons. The molecule has 0 saturated heterocycles. The Kier molecular flexibility index (Phi) is 3.76. The monoisotopic (exact) mass is 176 g/mol. The van der Waals surface area contributed by atoms with Crippen molar-refractivity contribution in [2.24, 2.45) is 0 Å². The van der Waals surface area contributed by atoms with Crippen molar-refractivity contribution >= 4 is 6.29 Å². The molecule has 1 aromatic carbocycles. The predicted molar refractivity (Wildman–Crippen MR) is 52.1 cm³/mol. The molecule has 0 heterocycles. The highest BCUT2D eigenvalue weighted by Crippen LogP contribution is 2.15. The van der Waals surface area contributed by atoms with Gasteiger partial charge in [-0.25, -0.2) is 0 Å². The number of carbonyl (C=O) groups is 1. The van der Waals surface area contributed by atoms with Crippen LogP contribution in [0.3, 0.4) is 0 Å². The van der Waals surface area contributed by atoms with E-state index >= 15 is 0 Å². The second-order valence-corrected chi connectivity index (χ2v) is 2.58. The van der Waals surface area contributed by atoms with E-state index in [1.54, 1.807) is 18.2 Å². The zero-order chi connectivity index (χ0) is 9.52. The standard InChI is InChI=1S/C11H12O2/c1-2-3-8-13-11-7-5-4-6-10(11)9-12/h2,4-7,9H,1,3,8H2. The minimum atomic E-state index is 0.564. The molecule has 0 bridgehead atoms. The number of carbonyl (C=O) groups excluding carboxylic acids is 1. The second-order valence-electron chi connectivity index (χ2n) is 2.58.